The first-order valence-electron chi connectivity index (χ1n) is 7.28. The molecule has 1 atom stereocenters. The van der Waals surface area contributed by atoms with Crippen molar-refractivity contribution in [2.75, 3.05) is 16.8 Å². The lowest BCUT2D eigenvalue weighted by Gasteiger charge is -2.29. The molecular formula is C18H19N3O. The van der Waals surface area contributed by atoms with Crippen LogP contribution in [0.15, 0.2) is 54.6 Å². The van der Waals surface area contributed by atoms with Gasteiger partial charge >= 0.3 is 0 Å². The van der Waals surface area contributed by atoms with E-state index in [4.69, 9.17) is 5.26 Å². The lowest BCUT2D eigenvalue weighted by atomic mass is 10.2. The van der Waals surface area contributed by atoms with Crippen molar-refractivity contribution in [3.8, 4) is 6.07 Å². The molecule has 0 saturated carbocycles. The van der Waals surface area contributed by atoms with Crippen LogP contribution in [-0.2, 0) is 4.79 Å². The van der Waals surface area contributed by atoms with Crippen molar-refractivity contribution in [1.82, 2.24) is 0 Å². The Morgan fingerprint density at radius 3 is 2.59 bits per heavy atom. The number of carbonyl (C=O) groups is 1. The summed E-state index contributed by atoms with van der Waals surface area (Å²) < 4.78 is 0. The third-order valence-electron chi connectivity index (χ3n) is 3.53. The second-order valence-electron chi connectivity index (χ2n) is 4.98. The molecule has 1 amide bonds. The van der Waals surface area contributed by atoms with Gasteiger partial charge in [0.2, 0.25) is 5.91 Å². The molecule has 0 saturated heterocycles. The van der Waals surface area contributed by atoms with Crippen molar-refractivity contribution >= 4 is 17.3 Å². The highest BCUT2D eigenvalue weighted by Crippen LogP contribution is 2.17. The zero-order valence-corrected chi connectivity index (χ0v) is 12.8. The monoisotopic (exact) mass is 293 g/mol. The highest BCUT2D eigenvalue weighted by Gasteiger charge is 2.20. The van der Waals surface area contributed by atoms with E-state index in [0.29, 0.717) is 11.3 Å². The first-order chi connectivity index (χ1) is 10.7. The second kappa shape index (κ2) is 7.28. The molecule has 4 heteroatoms. The summed E-state index contributed by atoms with van der Waals surface area (Å²) in [5, 5.41) is 11.8. The molecule has 0 aromatic heterocycles. The van der Waals surface area contributed by atoms with Crippen LogP contribution in [0.5, 0.6) is 0 Å². The molecule has 0 spiro atoms. The smallest absolute Gasteiger partial charge is 0.246 e. The van der Waals surface area contributed by atoms with Gasteiger partial charge in [0.15, 0.2) is 0 Å². The van der Waals surface area contributed by atoms with E-state index >= 15 is 0 Å². The van der Waals surface area contributed by atoms with Crippen molar-refractivity contribution in [1.29, 1.82) is 5.26 Å². The van der Waals surface area contributed by atoms with Gasteiger partial charge in [-0.15, -0.1) is 0 Å². The number of likely N-dealkylation sites (N-methyl/N-ethyl adjacent to an activating group) is 1. The minimum absolute atomic E-state index is 0.0965. The van der Waals surface area contributed by atoms with Crippen molar-refractivity contribution in [3.63, 3.8) is 0 Å². The first kappa shape index (κ1) is 15.6. The van der Waals surface area contributed by atoms with Crippen LogP contribution in [-0.4, -0.2) is 18.5 Å². The molecule has 2 aromatic rings. The Bertz CT molecular complexity index is 676. The standard InChI is InChI=1S/C18H19N3O/c1-3-21(17-10-5-4-6-11-17)14(2)18(22)20-16-9-7-8-15(12-16)13-19/h4-12,14H,3H2,1-2H3,(H,20,22). The van der Waals surface area contributed by atoms with Crippen LogP contribution in [0.25, 0.3) is 0 Å². The topological polar surface area (TPSA) is 56.1 Å². The molecule has 1 unspecified atom stereocenters. The van der Waals surface area contributed by atoms with Gasteiger partial charge < -0.3 is 10.2 Å². The molecule has 0 radical (unpaired) electrons. The molecule has 2 aromatic carbocycles. The Labute approximate surface area is 131 Å². The number of benzene rings is 2. The molecule has 112 valence electrons. The SMILES string of the molecule is CCN(c1ccccc1)C(C)C(=O)Nc1cccc(C#N)c1. The summed E-state index contributed by atoms with van der Waals surface area (Å²) >= 11 is 0. The summed E-state index contributed by atoms with van der Waals surface area (Å²) in [5.74, 6) is -0.0965. The quantitative estimate of drug-likeness (QED) is 0.919. The molecule has 1 N–H and O–H groups in total. The molecule has 0 aliphatic heterocycles. The average Bonchev–Trinajstić information content (AvgIpc) is 2.56. The Morgan fingerprint density at radius 2 is 1.95 bits per heavy atom. The number of nitrogens with zero attached hydrogens (tertiary/aromatic N) is 2. The van der Waals surface area contributed by atoms with Gasteiger partial charge in [-0.25, -0.2) is 0 Å². The van der Waals surface area contributed by atoms with Gasteiger partial charge in [0.25, 0.3) is 0 Å². The molecule has 0 aliphatic rings. The van der Waals surface area contributed by atoms with Crippen LogP contribution < -0.4 is 10.2 Å². The summed E-state index contributed by atoms with van der Waals surface area (Å²) in [5.41, 5.74) is 2.18. The number of amides is 1. The lowest BCUT2D eigenvalue weighted by Crippen LogP contribution is -2.42. The van der Waals surface area contributed by atoms with Gasteiger partial charge in [0.1, 0.15) is 6.04 Å². The van der Waals surface area contributed by atoms with Gasteiger partial charge in [-0.1, -0.05) is 24.3 Å². The molecular weight excluding hydrogens is 274 g/mol. The zero-order valence-electron chi connectivity index (χ0n) is 12.8. The number of para-hydroxylation sites is 1. The van der Waals surface area contributed by atoms with Gasteiger partial charge in [-0.05, 0) is 44.2 Å². The Balaban J connectivity index is 2.12. The number of carbonyl (C=O) groups excluding carboxylic acids is 1. The molecule has 22 heavy (non-hydrogen) atoms. The fourth-order valence-electron chi connectivity index (χ4n) is 2.35. The van der Waals surface area contributed by atoms with Crippen LogP contribution in [0.3, 0.4) is 0 Å². The van der Waals surface area contributed by atoms with E-state index in [-0.39, 0.29) is 11.9 Å². The van der Waals surface area contributed by atoms with E-state index in [9.17, 15) is 4.79 Å². The second-order valence-corrected chi connectivity index (χ2v) is 4.98. The molecule has 2 rings (SSSR count). The highest BCUT2D eigenvalue weighted by molar-refractivity contribution is 5.96. The Morgan fingerprint density at radius 1 is 1.23 bits per heavy atom. The summed E-state index contributed by atoms with van der Waals surface area (Å²) in [6.07, 6.45) is 0. The number of anilines is 2. The van der Waals surface area contributed by atoms with Crippen molar-refractivity contribution < 1.29 is 4.79 Å². The normalized spacial score (nSPS) is 11.3. The number of hydrogen-bond acceptors (Lipinski definition) is 3. The van der Waals surface area contributed by atoms with E-state index in [0.717, 1.165) is 12.2 Å². The predicted octanol–water partition coefficient (Wildman–Crippen LogP) is 3.41. The van der Waals surface area contributed by atoms with Crippen LogP contribution >= 0.6 is 0 Å². The minimum atomic E-state index is -0.307. The van der Waals surface area contributed by atoms with Gasteiger partial charge in [-0.2, -0.15) is 5.26 Å². The molecule has 0 heterocycles. The predicted molar refractivity (Wildman–Crippen MR) is 88.7 cm³/mol. The van der Waals surface area contributed by atoms with Crippen LogP contribution in [0.2, 0.25) is 0 Å². The van der Waals surface area contributed by atoms with E-state index in [1.165, 1.54) is 0 Å². The maximum Gasteiger partial charge on any atom is 0.246 e. The highest BCUT2D eigenvalue weighted by atomic mass is 16.2. The maximum absolute atomic E-state index is 12.5. The van der Waals surface area contributed by atoms with E-state index in [2.05, 4.69) is 11.4 Å². The largest absolute Gasteiger partial charge is 0.360 e. The van der Waals surface area contributed by atoms with Crippen molar-refractivity contribution in [2.24, 2.45) is 0 Å². The van der Waals surface area contributed by atoms with E-state index in [1.54, 1.807) is 24.3 Å². The third-order valence-corrected chi connectivity index (χ3v) is 3.53. The number of hydrogen-bond donors (Lipinski definition) is 1. The number of nitrogens with one attached hydrogen (secondary N) is 1. The summed E-state index contributed by atoms with van der Waals surface area (Å²) in [6, 6.07) is 18.5. The molecule has 4 nitrogen and oxygen atoms in total. The molecule has 0 bridgehead atoms. The maximum atomic E-state index is 12.5. The van der Waals surface area contributed by atoms with Gasteiger partial charge in [-0.3, -0.25) is 4.79 Å². The zero-order chi connectivity index (χ0) is 15.9. The van der Waals surface area contributed by atoms with Crippen LogP contribution in [0, 0.1) is 11.3 Å². The van der Waals surface area contributed by atoms with Crippen molar-refractivity contribution in [2.45, 2.75) is 19.9 Å². The lowest BCUT2D eigenvalue weighted by molar-refractivity contribution is -0.117. The van der Waals surface area contributed by atoms with Crippen molar-refractivity contribution in [3.05, 3.63) is 60.2 Å². The summed E-state index contributed by atoms with van der Waals surface area (Å²) in [6.45, 7) is 4.63. The Kier molecular flexibility index (Phi) is 5.16. The fraction of sp³-hybridized carbons (Fsp3) is 0.222. The summed E-state index contributed by atoms with van der Waals surface area (Å²) in [7, 11) is 0. The average molecular weight is 293 g/mol. The van der Waals surface area contributed by atoms with E-state index in [1.807, 2.05) is 49.1 Å². The Hall–Kier alpha value is -2.80. The summed E-state index contributed by atoms with van der Waals surface area (Å²) in [4.78, 5) is 14.5. The number of nitriles is 1. The molecule has 0 fully saturated rings. The third kappa shape index (κ3) is 3.64. The number of rotatable bonds is 5. The minimum Gasteiger partial charge on any atom is -0.360 e. The first-order valence-corrected chi connectivity index (χ1v) is 7.28. The van der Waals surface area contributed by atoms with Gasteiger partial charge in [0.05, 0.1) is 11.6 Å². The van der Waals surface area contributed by atoms with Gasteiger partial charge in [0, 0.05) is 17.9 Å². The fourth-order valence-corrected chi connectivity index (χ4v) is 2.35. The molecule has 0 aliphatic carbocycles. The van der Waals surface area contributed by atoms with E-state index < -0.39 is 0 Å². The van der Waals surface area contributed by atoms with Crippen LogP contribution in [0.4, 0.5) is 11.4 Å². The van der Waals surface area contributed by atoms with Crippen LogP contribution in [0.1, 0.15) is 19.4 Å².